The Bertz CT molecular complexity index is 403. The van der Waals surface area contributed by atoms with Crippen LogP contribution in [0.5, 0.6) is 0 Å². The smallest absolute Gasteiger partial charge is 0.268 e. The van der Waals surface area contributed by atoms with Crippen molar-refractivity contribution in [2.45, 2.75) is 19.9 Å². The molecule has 82 valence electrons. The van der Waals surface area contributed by atoms with Crippen LogP contribution in [0.1, 0.15) is 13.3 Å². The number of amides is 1. The summed E-state index contributed by atoms with van der Waals surface area (Å²) in [7, 11) is 0. The minimum Gasteiger partial charge on any atom is -0.355 e. The number of halogens is 1. The Morgan fingerprint density at radius 1 is 1.67 bits per heavy atom. The summed E-state index contributed by atoms with van der Waals surface area (Å²) in [4.78, 5) is 22.7. The summed E-state index contributed by atoms with van der Waals surface area (Å²) in [6, 6.07) is 1.45. The van der Waals surface area contributed by atoms with E-state index in [4.69, 9.17) is 0 Å². The zero-order valence-corrected chi connectivity index (χ0v) is 10.5. The normalized spacial score (nSPS) is 10.0. The summed E-state index contributed by atoms with van der Waals surface area (Å²) in [6.45, 7) is 2.57. The van der Waals surface area contributed by atoms with Crippen LogP contribution in [0.3, 0.4) is 0 Å². The quantitative estimate of drug-likeness (QED) is 0.815. The van der Waals surface area contributed by atoms with E-state index in [1.54, 1.807) is 6.20 Å². The molecule has 0 radical (unpaired) electrons. The van der Waals surface area contributed by atoms with Gasteiger partial charge >= 0.3 is 0 Å². The highest BCUT2D eigenvalue weighted by Gasteiger charge is 2.04. The minimum absolute atomic E-state index is 0.0181. The molecule has 0 aliphatic rings. The van der Waals surface area contributed by atoms with E-state index in [0.717, 1.165) is 14.7 Å². The van der Waals surface area contributed by atoms with Gasteiger partial charge < -0.3 is 5.32 Å². The van der Waals surface area contributed by atoms with E-state index in [-0.39, 0.29) is 18.0 Å². The Labute approximate surface area is 101 Å². The molecule has 0 spiro atoms. The highest BCUT2D eigenvalue weighted by atomic mass is 127. The molecule has 1 amide bonds. The SMILES string of the molecule is CCCNC(=O)Cn1ncc(I)cc1=O. The highest BCUT2D eigenvalue weighted by molar-refractivity contribution is 14.1. The number of rotatable bonds is 4. The van der Waals surface area contributed by atoms with Gasteiger partial charge in [-0.2, -0.15) is 5.10 Å². The average Bonchev–Trinajstić information content (AvgIpc) is 2.19. The minimum atomic E-state index is -0.256. The van der Waals surface area contributed by atoms with Gasteiger partial charge in [-0.1, -0.05) is 6.92 Å². The van der Waals surface area contributed by atoms with Crippen molar-refractivity contribution in [1.29, 1.82) is 0 Å². The molecule has 0 fully saturated rings. The summed E-state index contributed by atoms with van der Waals surface area (Å²) in [5.41, 5.74) is -0.256. The average molecular weight is 321 g/mol. The van der Waals surface area contributed by atoms with Crippen molar-refractivity contribution < 1.29 is 4.79 Å². The summed E-state index contributed by atoms with van der Waals surface area (Å²) < 4.78 is 1.91. The first-order valence-electron chi connectivity index (χ1n) is 4.63. The molecule has 0 atom stereocenters. The summed E-state index contributed by atoms with van der Waals surface area (Å²) in [5, 5.41) is 6.54. The standard InChI is InChI=1S/C9H12IN3O2/c1-2-3-11-8(14)6-13-9(15)4-7(10)5-12-13/h4-5H,2-3,6H2,1H3,(H,11,14). The zero-order chi connectivity index (χ0) is 11.3. The monoisotopic (exact) mass is 321 g/mol. The Morgan fingerprint density at radius 2 is 2.40 bits per heavy atom. The number of carbonyl (C=O) groups is 1. The van der Waals surface area contributed by atoms with Crippen LogP contribution in [0.25, 0.3) is 0 Å². The zero-order valence-electron chi connectivity index (χ0n) is 8.36. The lowest BCUT2D eigenvalue weighted by atomic mass is 10.4. The maximum absolute atomic E-state index is 11.4. The van der Waals surface area contributed by atoms with Crippen LogP contribution in [-0.4, -0.2) is 22.2 Å². The Hall–Kier alpha value is -0.920. The molecule has 1 aromatic rings. The van der Waals surface area contributed by atoms with Gasteiger partial charge in [0.2, 0.25) is 5.91 Å². The third-order valence-corrected chi connectivity index (χ3v) is 2.29. The number of hydrogen-bond donors (Lipinski definition) is 1. The van der Waals surface area contributed by atoms with E-state index in [1.807, 2.05) is 29.5 Å². The Morgan fingerprint density at radius 3 is 3.00 bits per heavy atom. The van der Waals surface area contributed by atoms with E-state index in [0.29, 0.717) is 6.54 Å². The van der Waals surface area contributed by atoms with Crippen molar-refractivity contribution in [2.75, 3.05) is 6.54 Å². The number of nitrogens with one attached hydrogen (secondary N) is 1. The molecule has 6 heteroatoms. The highest BCUT2D eigenvalue weighted by Crippen LogP contribution is 1.95. The number of aromatic nitrogens is 2. The van der Waals surface area contributed by atoms with Crippen LogP contribution in [0.2, 0.25) is 0 Å². The van der Waals surface area contributed by atoms with Crippen LogP contribution in [0.4, 0.5) is 0 Å². The van der Waals surface area contributed by atoms with Gasteiger partial charge in [0.15, 0.2) is 0 Å². The molecule has 1 rings (SSSR count). The topological polar surface area (TPSA) is 64.0 Å². The van der Waals surface area contributed by atoms with Crippen molar-refractivity contribution in [3.8, 4) is 0 Å². The van der Waals surface area contributed by atoms with Gasteiger partial charge in [-0.05, 0) is 29.0 Å². The lowest BCUT2D eigenvalue weighted by Gasteiger charge is -2.04. The van der Waals surface area contributed by atoms with E-state index >= 15 is 0 Å². The molecule has 0 aliphatic heterocycles. The molecule has 1 N–H and O–H groups in total. The first kappa shape index (κ1) is 12.2. The fraction of sp³-hybridized carbons (Fsp3) is 0.444. The van der Waals surface area contributed by atoms with Gasteiger partial charge in [-0.15, -0.1) is 0 Å². The van der Waals surface area contributed by atoms with Crippen LogP contribution in [-0.2, 0) is 11.3 Å². The molecule has 0 aromatic carbocycles. The van der Waals surface area contributed by atoms with Crippen molar-refractivity contribution in [2.24, 2.45) is 0 Å². The lowest BCUT2D eigenvalue weighted by Crippen LogP contribution is -2.33. The third kappa shape index (κ3) is 3.98. The fourth-order valence-electron chi connectivity index (χ4n) is 0.987. The molecule has 5 nitrogen and oxygen atoms in total. The summed E-state index contributed by atoms with van der Waals surface area (Å²) in [5.74, 6) is -0.187. The predicted octanol–water partition coefficient (Wildman–Crippen LogP) is 0.374. The second-order valence-electron chi connectivity index (χ2n) is 3.02. The van der Waals surface area contributed by atoms with Crippen LogP contribution >= 0.6 is 22.6 Å². The van der Waals surface area contributed by atoms with Gasteiger partial charge in [0, 0.05) is 16.2 Å². The van der Waals surface area contributed by atoms with Gasteiger partial charge in [0.05, 0.1) is 6.20 Å². The largest absolute Gasteiger partial charge is 0.355 e. The molecule has 0 saturated heterocycles. The fourth-order valence-corrected chi connectivity index (χ4v) is 1.38. The molecule has 0 aliphatic carbocycles. The first-order chi connectivity index (χ1) is 7.13. The Balaban J connectivity index is 2.65. The van der Waals surface area contributed by atoms with Crippen LogP contribution in [0.15, 0.2) is 17.1 Å². The van der Waals surface area contributed by atoms with E-state index in [2.05, 4.69) is 10.4 Å². The van der Waals surface area contributed by atoms with Gasteiger partial charge in [0.25, 0.3) is 5.56 Å². The molecule has 1 heterocycles. The first-order valence-corrected chi connectivity index (χ1v) is 5.70. The molecule has 0 bridgehead atoms. The molecule has 15 heavy (non-hydrogen) atoms. The summed E-state index contributed by atoms with van der Waals surface area (Å²) in [6.07, 6.45) is 2.43. The van der Waals surface area contributed by atoms with Crippen LogP contribution in [0, 0.1) is 3.57 Å². The molecule has 0 unspecified atom stereocenters. The van der Waals surface area contributed by atoms with Gasteiger partial charge in [-0.3, -0.25) is 9.59 Å². The van der Waals surface area contributed by atoms with Crippen LogP contribution < -0.4 is 10.9 Å². The van der Waals surface area contributed by atoms with Gasteiger partial charge in [0.1, 0.15) is 6.54 Å². The maximum atomic E-state index is 11.4. The van der Waals surface area contributed by atoms with Crippen molar-refractivity contribution in [3.63, 3.8) is 0 Å². The Kier molecular flexibility index (Phi) is 4.73. The third-order valence-electron chi connectivity index (χ3n) is 1.70. The van der Waals surface area contributed by atoms with Crippen molar-refractivity contribution >= 4 is 28.5 Å². The number of carbonyl (C=O) groups excluding carboxylic acids is 1. The summed E-state index contributed by atoms with van der Waals surface area (Å²) >= 11 is 2.00. The van der Waals surface area contributed by atoms with Gasteiger partial charge in [-0.25, -0.2) is 4.68 Å². The second-order valence-corrected chi connectivity index (χ2v) is 4.27. The number of hydrogen-bond acceptors (Lipinski definition) is 3. The molecule has 1 aromatic heterocycles. The molecular weight excluding hydrogens is 309 g/mol. The lowest BCUT2D eigenvalue weighted by molar-refractivity contribution is -0.121. The predicted molar refractivity (Wildman–Crippen MR) is 64.5 cm³/mol. The number of nitrogens with zero attached hydrogens (tertiary/aromatic N) is 2. The van der Waals surface area contributed by atoms with E-state index in [9.17, 15) is 9.59 Å². The second kappa shape index (κ2) is 5.84. The molecule has 0 saturated carbocycles. The maximum Gasteiger partial charge on any atom is 0.268 e. The van der Waals surface area contributed by atoms with E-state index in [1.165, 1.54) is 6.07 Å². The van der Waals surface area contributed by atoms with Crippen molar-refractivity contribution in [1.82, 2.24) is 15.1 Å². The van der Waals surface area contributed by atoms with E-state index < -0.39 is 0 Å². The van der Waals surface area contributed by atoms with Crippen molar-refractivity contribution in [3.05, 3.63) is 26.2 Å². The molecular formula is C9H12IN3O2.